The second-order valence-corrected chi connectivity index (χ2v) is 18.5. The van der Waals surface area contributed by atoms with Crippen molar-refractivity contribution >= 4 is 58.1 Å². The summed E-state index contributed by atoms with van der Waals surface area (Å²) in [6, 6.07) is 27.8. The molecule has 0 radical (unpaired) electrons. The quantitative estimate of drug-likeness (QED) is 0.147. The van der Waals surface area contributed by atoms with Crippen molar-refractivity contribution in [2.24, 2.45) is 23.2 Å². The van der Waals surface area contributed by atoms with Crippen molar-refractivity contribution in [2.75, 3.05) is 48.9 Å². The van der Waals surface area contributed by atoms with Gasteiger partial charge in [-0.2, -0.15) is 11.8 Å². The molecule has 9 heteroatoms. The molecule has 5 aliphatic rings. The van der Waals surface area contributed by atoms with E-state index in [4.69, 9.17) is 0 Å². The maximum atomic E-state index is 13.6. The van der Waals surface area contributed by atoms with Crippen LogP contribution in [0, 0.1) is 23.2 Å². The highest BCUT2D eigenvalue weighted by Gasteiger charge is 2.53. The van der Waals surface area contributed by atoms with Crippen molar-refractivity contribution in [1.82, 2.24) is 10.2 Å². The van der Waals surface area contributed by atoms with Gasteiger partial charge in [-0.25, -0.2) is 0 Å². The monoisotopic (exact) mass is 808 g/mol. The van der Waals surface area contributed by atoms with Gasteiger partial charge < -0.3 is 15.5 Å². The van der Waals surface area contributed by atoms with Crippen LogP contribution in [0.15, 0.2) is 154 Å². The number of anilines is 3. The molecular formula is C49H52N4O3S2. The van der Waals surface area contributed by atoms with Crippen LogP contribution in [0.4, 0.5) is 17.1 Å². The SMILES string of the molecule is CNc1ccccc1SC1=CC1C1(C)C=C(N(C)CCCC(=O)NCCSCC2=CC=C3C(=O)C4C=CC=CC4C(=O)C3(C)C2)N(c2ccccc2)c2ccccc21. The number of Topliss-reactive ketones (excluding diaryl/α,β-unsaturated/α-hetero) is 2. The Bertz CT molecular complexity index is 2290. The molecule has 3 aromatic carbocycles. The highest BCUT2D eigenvalue weighted by atomic mass is 32.2. The topological polar surface area (TPSA) is 81.8 Å². The molecule has 3 aromatic rings. The summed E-state index contributed by atoms with van der Waals surface area (Å²) in [7, 11) is 4.11. The number of rotatable bonds is 15. The molecule has 2 N–H and O–H groups in total. The number of para-hydroxylation sites is 3. The molecule has 1 heterocycles. The zero-order valence-electron chi connectivity index (χ0n) is 33.7. The van der Waals surface area contributed by atoms with Gasteiger partial charge in [0, 0.05) is 78.3 Å². The number of nitrogens with one attached hydrogen (secondary N) is 2. The van der Waals surface area contributed by atoms with Crippen molar-refractivity contribution in [2.45, 2.75) is 43.4 Å². The number of carbonyl (C=O) groups is 3. The van der Waals surface area contributed by atoms with Crippen LogP contribution in [-0.4, -0.2) is 61.1 Å². The summed E-state index contributed by atoms with van der Waals surface area (Å²) in [5.41, 5.74) is 5.49. The van der Waals surface area contributed by atoms with Gasteiger partial charge in [-0.3, -0.25) is 19.3 Å². The Morgan fingerprint density at radius 3 is 2.48 bits per heavy atom. The lowest BCUT2D eigenvalue weighted by Gasteiger charge is -2.44. The van der Waals surface area contributed by atoms with Crippen LogP contribution < -0.4 is 15.5 Å². The van der Waals surface area contributed by atoms with Crippen molar-refractivity contribution in [3.8, 4) is 0 Å². The van der Waals surface area contributed by atoms with Crippen LogP contribution in [0.2, 0.25) is 0 Å². The highest BCUT2D eigenvalue weighted by molar-refractivity contribution is 8.03. The summed E-state index contributed by atoms with van der Waals surface area (Å²) in [6.07, 6.45) is 18.0. The molecule has 5 atom stereocenters. The van der Waals surface area contributed by atoms with Gasteiger partial charge in [0.2, 0.25) is 5.91 Å². The zero-order chi connectivity index (χ0) is 40.4. The lowest BCUT2D eigenvalue weighted by atomic mass is 9.57. The van der Waals surface area contributed by atoms with Crippen molar-refractivity contribution in [1.29, 1.82) is 0 Å². The highest BCUT2D eigenvalue weighted by Crippen LogP contribution is 2.58. The van der Waals surface area contributed by atoms with Crippen molar-refractivity contribution in [3.05, 3.63) is 155 Å². The third-order valence-corrected chi connectivity index (χ3v) is 14.6. The number of carbonyl (C=O) groups excluding carboxylic acids is 3. The summed E-state index contributed by atoms with van der Waals surface area (Å²) >= 11 is 3.60. The van der Waals surface area contributed by atoms with E-state index in [1.54, 1.807) is 11.8 Å². The number of thioether (sulfide) groups is 2. The minimum atomic E-state index is -0.774. The molecular weight excluding hydrogens is 757 g/mol. The number of fused-ring (bicyclic) bond motifs is 3. The Kier molecular flexibility index (Phi) is 11.5. The van der Waals surface area contributed by atoms with Crippen LogP contribution in [0.25, 0.3) is 0 Å². The minimum absolute atomic E-state index is 0.0554. The molecule has 1 amide bonds. The number of benzene rings is 3. The van der Waals surface area contributed by atoms with E-state index in [0.29, 0.717) is 25.0 Å². The molecule has 7 nitrogen and oxygen atoms in total. The fourth-order valence-corrected chi connectivity index (χ4v) is 11.2. The molecule has 298 valence electrons. The molecule has 0 spiro atoms. The predicted molar refractivity (Wildman–Crippen MR) is 240 cm³/mol. The Morgan fingerprint density at radius 2 is 1.67 bits per heavy atom. The number of nitrogens with zero attached hydrogens (tertiary/aromatic N) is 2. The second-order valence-electron chi connectivity index (χ2n) is 16.3. The number of allylic oxidation sites excluding steroid dienone is 10. The average Bonchev–Trinajstić information content (AvgIpc) is 4.03. The Hall–Kier alpha value is -4.99. The molecule has 1 saturated carbocycles. The maximum absolute atomic E-state index is 13.6. The molecule has 4 aliphatic carbocycles. The molecule has 0 aromatic heterocycles. The maximum Gasteiger partial charge on any atom is 0.220 e. The fourth-order valence-electron chi connectivity index (χ4n) is 9.08. The summed E-state index contributed by atoms with van der Waals surface area (Å²) in [6.45, 7) is 5.61. The van der Waals surface area contributed by atoms with Gasteiger partial charge in [0.05, 0.1) is 22.9 Å². The molecule has 1 aliphatic heterocycles. The molecule has 58 heavy (non-hydrogen) atoms. The zero-order valence-corrected chi connectivity index (χ0v) is 35.4. The van der Waals surface area contributed by atoms with Crippen LogP contribution in [0.3, 0.4) is 0 Å². The van der Waals surface area contributed by atoms with Gasteiger partial charge in [0.15, 0.2) is 11.6 Å². The van der Waals surface area contributed by atoms with Crippen molar-refractivity contribution in [3.63, 3.8) is 0 Å². The normalized spacial score (nSPS) is 25.4. The van der Waals surface area contributed by atoms with E-state index in [9.17, 15) is 14.4 Å². The van der Waals surface area contributed by atoms with Crippen LogP contribution in [-0.2, 0) is 19.8 Å². The summed E-state index contributed by atoms with van der Waals surface area (Å²) < 4.78 is 0. The van der Waals surface area contributed by atoms with E-state index in [-0.39, 0.29) is 40.6 Å². The Morgan fingerprint density at radius 1 is 0.931 bits per heavy atom. The van der Waals surface area contributed by atoms with Gasteiger partial charge in [0.25, 0.3) is 0 Å². The molecule has 1 fully saturated rings. The van der Waals surface area contributed by atoms with Crippen LogP contribution in [0.1, 0.15) is 38.7 Å². The third kappa shape index (κ3) is 7.67. The molecule has 0 bridgehead atoms. The van der Waals surface area contributed by atoms with Gasteiger partial charge in [-0.05, 0) is 66.6 Å². The van der Waals surface area contributed by atoms with E-state index in [0.717, 1.165) is 47.2 Å². The van der Waals surface area contributed by atoms with Gasteiger partial charge in [-0.1, -0.05) is 115 Å². The standard InChI is InChI=1S/C49H52N4O3S2/c1-48(39-29-43(39)58-42-22-13-11-20-40(42)50-3)31-45(53(34-15-6-5-7-16-34)41-21-12-10-19-37(41)48)52(4)27-14-23-44(54)51-26-28-57-32-33-24-25-38-46(55)35-17-8-9-18-36(35)47(56)49(38,2)30-33/h5-13,15-22,24-25,29,31,35-36,39,50H,14,23,26-28,30,32H2,1-4H3,(H,51,54). The Labute approximate surface area is 351 Å². The molecule has 8 rings (SSSR count). The van der Waals surface area contributed by atoms with E-state index >= 15 is 0 Å². The smallest absolute Gasteiger partial charge is 0.220 e. The number of amides is 1. The first-order chi connectivity index (χ1) is 28.1. The molecule has 5 unspecified atom stereocenters. The predicted octanol–water partition coefficient (Wildman–Crippen LogP) is 9.62. The fraction of sp³-hybridized carbons (Fsp3) is 0.327. The molecule has 0 saturated heterocycles. The number of hydrogen-bond acceptors (Lipinski definition) is 8. The number of ketones is 2. The van der Waals surface area contributed by atoms with Crippen LogP contribution >= 0.6 is 23.5 Å². The van der Waals surface area contributed by atoms with Gasteiger partial charge >= 0.3 is 0 Å². The largest absolute Gasteiger partial charge is 0.387 e. The second kappa shape index (κ2) is 16.7. The number of hydrogen-bond donors (Lipinski definition) is 2. The third-order valence-electron chi connectivity index (χ3n) is 12.3. The summed E-state index contributed by atoms with van der Waals surface area (Å²) in [5, 5.41) is 6.47. The first-order valence-corrected chi connectivity index (χ1v) is 22.3. The average molecular weight is 809 g/mol. The van der Waals surface area contributed by atoms with Gasteiger partial charge in [-0.15, -0.1) is 0 Å². The van der Waals surface area contributed by atoms with Gasteiger partial charge in [0.1, 0.15) is 5.82 Å². The van der Waals surface area contributed by atoms with E-state index < -0.39 is 5.41 Å². The van der Waals surface area contributed by atoms with E-state index in [2.05, 4.69) is 125 Å². The van der Waals surface area contributed by atoms with Crippen LogP contribution in [0.5, 0.6) is 0 Å². The van der Waals surface area contributed by atoms with Crippen molar-refractivity contribution < 1.29 is 14.4 Å². The lowest BCUT2D eigenvalue weighted by molar-refractivity contribution is -0.138. The first kappa shape index (κ1) is 39.8. The summed E-state index contributed by atoms with van der Waals surface area (Å²) in [4.78, 5) is 47.2. The van der Waals surface area contributed by atoms with E-state index in [1.807, 2.05) is 62.2 Å². The Balaban J connectivity index is 0.870. The van der Waals surface area contributed by atoms with E-state index in [1.165, 1.54) is 21.1 Å². The summed E-state index contributed by atoms with van der Waals surface area (Å²) in [5.74, 6) is 2.45. The lowest BCUT2D eigenvalue weighted by Crippen LogP contribution is -2.49. The minimum Gasteiger partial charge on any atom is -0.387 e. The first-order valence-electron chi connectivity index (χ1n) is 20.4.